The SMILES string of the molecule is COC(=O)c1cc(N)ccc1C1CCN(C(=O)OC(C)(C)C)CC1. The number of carbonyl (C=O) groups is 2. The predicted octanol–water partition coefficient (Wildman–Crippen LogP) is 3.17. The van der Waals surface area contributed by atoms with Gasteiger partial charge in [-0.15, -0.1) is 0 Å². The maximum absolute atomic E-state index is 12.1. The number of nitrogens with two attached hydrogens (primary N) is 1. The number of nitrogen functional groups attached to an aromatic ring is 1. The highest BCUT2D eigenvalue weighted by atomic mass is 16.6. The Labute approximate surface area is 142 Å². The number of likely N-dealkylation sites (tertiary alicyclic amines) is 1. The van der Waals surface area contributed by atoms with Crippen LogP contribution >= 0.6 is 0 Å². The lowest BCUT2D eigenvalue weighted by atomic mass is 9.86. The average Bonchev–Trinajstić information content (AvgIpc) is 2.52. The molecule has 1 aliphatic heterocycles. The molecule has 6 nitrogen and oxygen atoms in total. The van der Waals surface area contributed by atoms with Crippen LogP contribution in [0.1, 0.15) is 55.5 Å². The molecule has 1 heterocycles. The van der Waals surface area contributed by atoms with Gasteiger partial charge < -0.3 is 20.1 Å². The van der Waals surface area contributed by atoms with Crippen LogP contribution in [0.15, 0.2) is 18.2 Å². The zero-order chi connectivity index (χ0) is 17.9. The third-order valence-electron chi connectivity index (χ3n) is 4.07. The Bertz CT molecular complexity index is 614. The minimum Gasteiger partial charge on any atom is -0.465 e. The summed E-state index contributed by atoms with van der Waals surface area (Å²) < 4.78 is 10.3. The van der Waals surface area contributed by atoms with Crippen LogP contribution in [0.2, 0.25) is 0 Å². The summed E-state index contributed by atoms with van der Waals surface area (Å²) in [6.07, 6.45) is 1.26. The van der Waals surface area contributed by atoms with Crippen LogP contribution in [0.5, 0.6) is 0 Å². The van der Waals surface area contributed by atoms with Gasteiger partial charge in [-0.3, -0.25) is 0 Å². The number of amides is 1. The molecule has 0 saturated carbocycles. The molecule has 1 aromatic rings. The first-order chi connectivity index (χ1) is 11.2. The van der Waals surface area contributed by atoms with Crippen molar-refractivity contribution in [1.29, 1.82) is 0 Å². The van der Waals surface area contributed by atoms with Crippen LogP contribution in [-0.4, -0.2) is 42.8 Å². The number of anilines is 1. The molecule has 6 heteroatoms. The van der Waals surface area contributed by atoms with Gasteiger partial charge in [-0.25, -0.2) is 9.59 Å². The second-order valence-electron chi connectivity index (χ2n) is 7.08. The van der Waals surface area contributed by atoms with Crippen molar-refractivity contribution in [3.8, 4) is 0 Å². The van der Waals surface area contributed by atoms with Crippen molar-refractivity contribution >= 4 is 17.7 Å². The van der Waals surface area contributed by atoms with Crippen molar-refractivity contribution in [2.24, 2.45) is 0 Å². The van der Waals surface area contributed by atoms with Gasteiger partial charge in [0.05, 0.1) is 12.7 Å². The maximum Gasteiger partial charge on any atom is 0.410 e. The van der Waals surface area contributed by atoms with E-state index < -0.39 is 5.60 Å². The monoisotopic (exact) mass is 334 g/mol. The molecule has 2 rings (SSSR count). The molecule has 24 heavy (non-hydrogen) atoms. The predicted molar refractivity (Wildman–Crippen MR) is 92.0 cm³/mol. The standard InChI is InChI=1S/C18H26N2O4/c1-18(2,3)24-17(22)20-9-7-12(8-10-20)14-6-5-13(19)11-15(14)16(21)23-4/h5-6,11-12H,7-10,19H2,1-4H3. The van der Waals surface area contributed by atoms with Gasteiger partial charge in [-0.2, -0.15) is 0 Å². The summed E-state index contributed by atoms with van der Waals surface area (Å²) >= 11 is 0. The Kier molecular flexibility index (Phi) is 5.36. The van der Waals surface area contributed by atoms with E-state index in [9.17, 15) is 9.59 Å². The lowest BCUT2D eigenvalue weighted by molar-refractivity contribution is 0.0203. The molecule has 0 aromatic heterocycles. The number of piperidine rings is 1. The van der Waals surface area contributed by atoms with Gasteiger partial charge in [0.1, 0.15) is 5.60 Å². The minimum absolute atomic E-state index is 0.193. The number of benzene rings is 1. The Hall–Kier alpha value is -2.24. The summed E-state index contributed by atoms with van der Waals surface area (Å²) in [5.74, 6) is -0.190. The average molecular weight is 334 g/mol. The third kappa shape index (κ3) is 4.40. The molecule has 0 spiro atoms. The maximum atomic E-state index is 12.1. The van der Waals surface area contributed by atoms with Crippen molar-refractivity contribution in [2.45, 2.75) is 45.1 Å². The summed E-state index contributed by atoms with van der Waals surface area (Å²) in [5, 5.41) is 0. The molecule has 132 valence electrons. The van der Waals surface area contributed by atoms with Gasteiger partial charge in [0.2, 0.25) is 0 Å². The molecule has 1 aliphatic rings. The number of rotatable bonds is 2. The first kappa shape index (κ1) is 18.1. The Morgan fingerprint density at radius 3 is 2.38 bits per heavy atom. The number of methoxy groups -OCH3 is 1. The summed E-state index contributed by atoms with van der Waals surface area (Å²) in [6, 6.07) is 5.33. The zero-order valence-corrected chi connectivity index (χ0v) is 14.8. The molecular formula is C18H26N2O4. The highest BCUT2D eigenvalue weighted by molar-refractivity contribution is 5.92. The van der Waals surface area contributed by atoms with Gasteiger partial charge in [-0.05, 0) is 57.2 Å². The van der Waals surface area contributed by atoms with Crippen molar-refractivity contribution in [2.75, 3.05) is 25.9 Å². The molecule has 1 fully saturated rings. The third-order valence-corrected chi connectivity index (χ3v) is 4.07. The van der Waals surface area contributed by atoms with Crippen LogP contribution in [0, 0.1) is 0 Å². The molecule has 0 unspecified atom stereocenters. The minimum atomic E-state index is -0.497. The summed E-state index contributed by atoms with van der Waals surface area (Å²) in [5.41, 5.74) is 7.27. The lowest BCUT2D eigenvalue weighted by Crippen LogP contribution is -2.41. The van der Waals surface area contributed by atoms with Gasteiger partial charge in [0.25, 0.3) is 0 Å². The quantitative estimate of drug-likeness (QED) is 0.663. The van der Waals surface area contributed by atoms with Crippen LogP contribution in [0.3, 0.4) is 0 Å². The Balaban J connectivity index is 2.07. The first-order valence-electron chi connectivity index (χ1n) is 8.17. The Morgan fingerprint density at radius 2 is 1.83 bits per heavy atom. The molecule has 0 bridgehead atoms. The molecule has 0 aliphatic carbocycles. The van der Waals surface area contributed by atoms with Gasteiger partial charge in [0, 0.05) is 18.8 Å². The van der Waals surface area contributed by atoms with Crippen molar-refractivity contribution in [1.82, 2.24) is 4.90 Å². The summed E-state index contributed by atoms with van der Waals surface area (Å²) in [7, 11) is 1.36. The fourth-order valence-electron chi connectivity index (χ4n) is 2.92. The van der Waals surface area contributed by atoms with E-state index in [4.69, 9.17) is 15.2 Å². The largest absolute Gasteiger partial charge is 0.465 e. The van der Waals surface area contributed by atoms with Crippen LogP contribution in [0.4, 0.5) is 10.5 Å². The van der Waals surface area contributed by atoms with Crippen molar-refractivity contribution in [3.05, 3.63) is 29.3 Å². The Morgan fingerprint density at radius 1 is 1.21 bits per heavy atom. The van der Waals surface area contributed by atoms with Crippen molar-refractivity contribution in [3.63, 3.8) is 0 Å². The fourth-order valence-corrected chi connectivity index (χ4v) is 2.92. The van der Waals surface area contributed by atoms with E-state index in [2.05, 4.69) is 0 Å². The van der Waals surface area contributed by atoms with E-state index in [-0.39, 0.29) is 18.0 Å². The molecule has 2 N–H and O–H groups in total. The van der Waals surface area contributed by atoms with Crippen LogP contribution in [-0.2, 0) is 9.47 Å². The van der Waals surface area contributed by atoms with E-state index >= 15 is 0 Å². The lowest BCUT2D eigenvalue weighted by Gasteiger charge is -2.34. The van der Waals surface area contributed by atoms with E-state index in [0.29, 0.717) is 24.3 Å². The zero-order valence-electron chi connectivity index (χ0n) is 14.8. The molecule has 1 amide bonds. The van der Waals surface area contributed by atoms with Gasteiger partial charge in [0.15, 0.2) is 0 Å². The number of carbonyl (C=O) groups excluding carboxylic acids is 2. The smallest absolute Gasteiger partial charge is 0.410 e. The first-order valence-corrected chi connectivity index (χ1v) is 8.17. The number of ether oxygens (including phenoxy) is 2. The molecule has 1 saturated heterocycles. The molecule has 0 radical (unpaired) electrons. The highest BCUT2D eigenvalue weighted by Crippen LogP contribution is 2.32. The van der Waals surface area contributed by atoms with Crippen LogP contribution in [0.25, 0.3) is 0 Å². The highest BCUT2D eigenvalue weighted by Gasteiger charge is 2.29. The number of nitrogens with zero attached hydrogens (tertiary/aromatic N) is 1. The fraction of sp³-hybridized carbons (Fsp3) is 0.556. The second-order valence-corrected chi connectivity index (χ2v) is 7.08. The molecule has 0 atom stereocenters. The summed E-state index contributed by atoms with van der Waals surface area (Å²) in [4.78, 5) is 25.9. The number of hydrogen-bond acceptors (Lipinski definition) is 5. The van der Waals surface area contributed by atoms with E-state index in [1.54, 1.807) is 17.0 Å². The van der Waals surface area contributed by atoms with E-state index in [0.717, 1.165) is 18.4 Å². The molecular weight excluding hydrogens is 308 g/mol. The van der Waals surface area contributed by atoms with Crippen LogP contribution < -0.4 is 5.73 Å². The van der Waals surface area contributed by atoms with Crippen molar-refractivity contribution < 1.29 is 19.1 Å². The van der Waals surface area contributed by atoms with E-state index in [1.165, 1.54) is 7.11 Å². The van der Waals surface area contributed by atoms with Gasteiger partial charge in [-0.1, -0.05) is 6.07 Å². The number of hydrogen-bond donors (Lipinski definition) is 1. The summed E-state index contributed by atoms with van der Waals surface area (Å²) in [6.45, 7) is 6.77. The van der Waals surface area contributed by atoms with E-state index in [1.807, 2.05) is 26.8 Å². The normalized spacial score (nSPS) is 15.9. The van der Waals surface area contributed by atoms with Gasteiger partial charge >= 0.3 is 12.1 Å². The number of esters is 1. The molecule has 1 aromatic carbocycles. The topological polar surface area (TPSA) is 81.9 Å². The second kappa shape index (κ2) is 7.11.